The first kappa shape index (κ1) is 8.97. The van der Waals surface area contributed by atoms with E-state index in [2.05, 4.69) is 15.5 Å². The molecule has 4 heteroatoms. The highest BCUT2D eigenvalue weighted by molar-refractivity contribution is 6.29. The number of halogens is 1. The number of hydrogen-bond acceptors (Lipinski definition) is 3. The second kappa shape index (κ2) is 4.07. The minimum atomic E-state index is 0.392. The van der Waals surface area contributed by atoms with Gasteiger partial charge in [0.1, 0.15) is 0 Å². The van der Waals surface area contributed by atoms with Gasteiger partial charge in [-0.1, -0.05) is 29.8 Å². The number of benzene rings is 1. The summed E-state index contributed by atoms with van der Waals surface area (Å²) in [7, 11) is 0. The van der Waals surface area contributed by atoms with Crippen LogP contribution in [-0.4, -0.2) is 10.2 Å². The zero-order valence-electron chi connectivity index (χ0n) is 7.31. The van der Waals surface area contributed by atoms with E-state index in [9.17, 15) is 0 Å². The van der Waals surface area contributed by atoms with Crippen molar-refractivity contribution in [1.82, 2.24) is 10.2 Å². The van der Waals surface area contributed by atoms with Crippen LogP contribution in [-0.2, 0) is 0 Å². The molecule has 0 atom stereocenters. The smallest absolute Gasteiger partial charge is 0.153 e. The Kier molecular flexibility index (Phi) is 2.60. The normalized spacial score (nSPS) is 9.79. The molecule has 0 aliphatic heterocycles. The predicted molar refractivity (Wildman–Crippen MR) is 56.8 cm³/mol. The zero-order valence-corrected chi connectivity index (χ0v) is 8.07. The average molecular weight is 206 g/mol. The summed E-state index contributed by atoms with van der Waals surface area (Å²) in [6, 6.07) is 13.2. The van der Waals surface area contributed by atoms with E-state index in [1.165, 1.54) is 0 Å². The van der Waals surface area contributed by atoms with Crippen LogP contribution in [0.4, 0.5) is 11.5 Å². The topological polar surface area (TPSA) is 37.8 Å². The molecule has 1 N–H and O–H groups in total. The van der Waals surface area contributed by atoms with E-state index in [1.807, 2.05) is 30.3 Å². The van der Waals surface area contributed by atoms with Gasteiger partial charge in [-0.25, -0.2) is 0 Å². The quantitative estimate of drug-likeness (QED) is 0.819. The first-order valence-corrected chi connectivity index (χ1v) is 4.54. The molecule has 0 spiro atoms. The molecule has 2 aromatic rings. The second-order valence-corrected chi connectivity index (χ2v) is 3.12. The summed E-state index contributed by atoms with van der Waals surface area (Å²) in [6.45, 7) is 0. The van der Waals surface area contributed by atoms with Gasteiger partial charge in [0.15, 0.2) is 11.0 Å². The molecule has 1 aromatic carbocycles. The summed E-state index contributed by atoms with van der Waals surface area (Å²) in [5.41, 5.74) is 0.976. The Morgan fingerprint density at radius 2 is 1.71 bits per heavy atom. The number of nitrogens with zero attached hydrogens (tertiary/aromatic N) is 2. The van der Waals surface area contributed by atoms with Crippen molar-refractivity contribution in [3.8, 4) is 0 Å². The molecule has 0 aliphatic carbocycles. The minimum Gasteiger partial charge on any atom is -0.339 e. The van der Waals surface area contributed by atoms with E-state index in [4.69, 9.17) is 11.6 Å². The Hall–Kier alpha value is -1.61. The molecule has 3 nitrogen and oxygen atoms in total. The summed E-state index contributed by atoms with van der Waals surface area (Å²) in [4.78, 5) is 0. The fraction of sp³-hybridized carbons (Fsp3) is 0. The van der Waals surface area contributed by atoms with E-state index < -0.39 is 0 Å². The van der Waals surface area contributed by atoms with Crippen LogP contribution >= 0.6 is 11.6 Å². The molecule has 0 fully saturated rings. The number of para-hydroxylation sites is 1. The van der Waals surface area contributed by atoms with Gasteiger partial charge in [0.25, 0.3) is 0 Å². The highest BCUT2D eigenvalue weighted by atomic mass is 35.5. The van der Waals surface area contributed by atoms with E-state index in [0.717, 1.165) is 5.69 Å². The number of anilines is 2. The molecule has 70 valence electrons. The van der Waals surface area contributed by atoms with Crippen molar-refractivity contribution in [2.75, 3.05) is 5.32 Å². The lowest BCUT2D eigenvalue weighted by molar-refractivity contribution is 1.04. The summed E-state index contributed by atoms with van der Waals surface area (Å²) in [5.74, 6) is 0.681. The molecule has 0 saturated heterocycles. The first-order chi connectivity index (χ1) is 6.84. The monoisotopic (exact) mass is 205 g/mol. The largest absolute Gasteiger partial charge is 0.339 e. The van der Waals surface area contributed by atoms with Crippen molar-refractivity contribution in [3.05, 3.63) is 47.6 Å². The third-order valence-corrected chi connectivity index (χ3v) is 1.88. The number of nitrogens with one attached hydrogen (secondary N) is 1. The molecule has 0 amide bonds. The van der Waals surface area contributed by atoms with Crippen LogP contribution in [0.2, 0.25) is 5.15 Å². The maximum atomic E-state index is 5.61. The molecule has 1 heterocycles. The van der Waals surface area contributed by atoms with Crippen molar-refractivity contribution in [3.63, 3.8) is 0 Å². The van der Waals surface area contributed by atoms with E-state index in [0.29, 0.717) is 11.0 Å². The lowest BCUT2D eigenvalue weighted by Crippen LogP contribution is -1.94. The summed E-state index contributed by atoms with van der Waals surface area (Å²) < 4.78 is 0. The number of aromatic nitrogens is 2. The Labute approximate surface area is 86.7 Å². The van der Waals surface area contributed by atoms with Gasteiger partial charge >= 0.3 is 0 Å². The van der Waals surface area contributed by atoms with Crippen molar-refractivity contribution < 1.29 is 0 Å². The highest BCUT2D eigenvalue weighted by Crippen LogP contribution is 2.13. The molecule has 0 bridgehead atoms. The summed E-state index contributed by atoms with van der Waals surface area (Å²) in [6.07, 6.45) is 0. The molecular formula is C10H8ClN3. The van der Waals surface area contributed by atoms with Crippen molar-refractivity contribution >= 4 is 23.1 Å². The van der Waals surface area contributed by atoms with E-state index >= 15 is 0 Å². The van der Waals surface area contributed by atoms with Gasteiger partial charge in [-0.3, -0.25) is 0 Å². The molecule has 0 radical (unpaired) electrons. The summed E-state index contributed by atoms with van der Waals surface area (Å²) in [5, 5.41) is 11.1. The lowest BCUT2D eigenvalue weighted by Gasteiger charge is -2.03. The van der Waals surface area contributed by atoms with Crippen LogP contribution in [0, 0.1) is 0 Å². The second-order valence-electron chi connectivity index (χ2n) is 2.73. The summed E-state index contributed by atoms with van der Waals surface area (Å²) >= 11 is 5.61. The van der Waals surface area contributed by atoms with Gasteiger partial charge in [0.05, 0.1) is 0 Å². The predicted octanol–water partition coefficient (Wildman–Crippen LogP) is 2.87. The Balaban J connectivity index is 2.16. The Morgan fingerprint density at radius 1 is 0.929 bits per heavy atom. The lowest BCUT2D eigenvalue weighted by atomic mass is 10.3. The molecular weight excluding hydrogens is 198 g/mol. The van der Waals surface area contributed by atoms with Crippen LogP contribution in [0.15, 0.2) is 42.5 Å². The fourth-order valence-corrected chi connectivity index (χ4v) is 1.15. The van der Waals surface area contributed by atoms with Gasteiger partial charge in [-0.05, 0) is 24.3 Å². The van der Waals surface area contributed by atoms with Crippen molar-refractivity contribution in [2.45, 2.75) is 0 Å². The third-order valence-electron chi connectivity index (χ3n) is 1.68. The molecule has 0 aliphatic rings. The maximum absolute atomic E-state index is 5.61. The first-order valence-electron chi connectivity index (χ1n) is 4.16. The van der Waals surface area contributed by atoms with Gasteiger partial charge in [-0.2, -0.15) is 0 Å². The van der Waals surface area contributed by atoms with Crippen LogP contribution in [0.1, 0.15) is 0 Å². The molecule has 2 rings (SSSR count). The number of rotatable bonds is 2. The fourth-order valence-electron chi connectivity index (χ4n) is 1.05. The van der Waals surface area contributed by atoms with Gasteiger partial charge in [-0.15, -0.1) is 10.2 Å². The Morgan fingerprint density at radius 3 is 2.36 bits per heavy atom. The van der Waals surface area contributed by atoms with Gasteiger partial charge in [0, 0.05) is 5.69 Å². The van der Waals surface area contributed by atoms with E-state index in [1.54, 1.807) is 12.1 Å². The molecule has 0 unspecified atom stereocenters. The minimum absolute atomic E-state index is 0.392. The Bertz CT molecular complexity index is 399. The third kappa shape index (κ3) is 2.20. The SMILES string of the molecule is Clc1ccc(Nc2ccccc2)nn1. The average Bonchev–Trinajstić information content (AvgIpc) is 2.23. The van der Waals surface area contributed by atoms with Gasteiger partial charge < -0.3 is 5.32 Å². The molecule has 1 aromatic heterocycles. The van der Waals surface area contributed by atoms with E-state index in [-0.39, 0.29) is 0 Å². The molecule has 0 saturated carbocycles. The van der Waals surface area contributed by atoms with Crippen LogP contribution in [0.5, 0.6) is 0 Å². The highest BCUT2D eigenvalue weighted by Gasteiger charge is 1.95. The zero-order chi connectivity index (χ0) is 9.80. The van der Waals surface area contributed by atoms with Gasteiger partial charge in [0.2, 0.25) is 0 Å². The van der Waals surface area contributed by atoms with Crippen molar-refractivity contribution in [2.24, 2.45) is 0 Å². The maximum Gasteiger partial charge on any atom is 0.153 e. The number of hydrogen-bond donors (Lipinski definition) is 1. The standard InChI is InChI=1S/C10H8ClN3/c11-9-6-7-10(14-13-9)12-8-4-2-1-3-5-8/h1-7H,(H,12,14). The van der Waals surface area contributed by atoms with Crippen LogP contribution in [0.3, 0.4) is 0 Å². The van der Waals surface area contributed by atoms with Crippen LogP contribution < -0.4 is 5.32 Å². The molecule has 14 heavy (non-hydrogen) atoms. The van der Waals surface area contributed by atoms with Crippen molar-refractivity contribution in [1.29, 1.82) is 0 Å². The van der Waals surface area contributed by atoms with Crippen LogP contribution in [0.25, 0.3) is 0 Å².